The molecule has 0 bridgehead atoms. The molecule has 4 aromatic heterocycles. The molecule has 1 amide bonds. The fraction of sp³-hybridized carbons (Fsp3) is 0.111. The van der Waals surface area contributed by atoms with E-state index in [9.17, 15) is 31.1 Å². The molecule has 0 aromatic carbocycles. The van der Waals surface area contributed by atoms with Crippen molar-refractivity contribution < 1.29 is 31.1 Å². The summed E-state index contributed by atoms with van der Waals surface area (Å²) in [6.07, 6.45) is -6.16. The first-order valence-corrected chi connectivity index (χ1v) is 9.85. The van der Waals surface area contributed by atoms with Gasteiger partial charge in [0.05, 0.1) is 41.1 Å². The van der Waals surface area contributed by atoms with Crippen LogP contribution in [0.15, 0.2) is 43.0 Å². The Hall–Kier alpha value is -3.72. The Morgan fingerprint density at radius 3 is 2.20 bits per heavy atom. The molecule has 0 unspecified atom stereocenters. The molecule has 9 nitrogen and oxygen atoms in total. The van der Waals surface area contributed by atoms with Gasteiger partial charge < -0.3 is 5.32 Å². The van der Waals surface area contributed by atoms with Gasteiger partial charge in [0.25, 0.3) is 5.91 Å². The summed E-state index contributed by atoms with van der Waals surface area (Å²) in [5, 5.41) is 12.6. The lowest BCUT2D eigenvalue weighted by molar-refractivity contribution is -0.145. The average molecular weight is 537 g/mol. The van der Waals surface area contributed by atoms with Crippen molar-refractivity contribution in [3.63, 3.8) is 0 Å². The predicted octanol–water partition coefficient (Wildman–Crippen LogP) is 4.84. The molecule has 0 radical (unpaired) electrons. The number of amides is 1. The summed E-state index contributed by atoms with van der Waals surface area (Å²) in [4.78, 5) is 21.0. The summed E-state index contributed by atoms with van der Waals surface area (Å²) in [5.74, 6) is -2.52. The topological polar surface area (TPSA) is 103 Å². The lowest BCUT2D eigenvalue weighted by Gasteiger charge is -2.16. The second kappa shape index (κ2) is 8.81. The van der Waals surface area contributed by atoms with Crippen molar-refractivity contribution in [2.24, 2.45) is 0 Å². The third kappa shape index (κ3) is 4.90. The molecule has 0 saturated carbocycles. The molecule has 0 aliphatic carbocycles. The summed E-state index contributed by atoms with van der Waals surface area (Å²) in [6, 6.07) is 2.39. The molecular weight excluding hydrogens is 529 g/mol. The van der Waals surface area contributed by atoms with E-state index in [-0.39, 0.29) is 21.2 Å². The third-order valence-corrected chi connectivity index (χ3v) is 4.81. The minimum absolute atomic E-state index is 0.0521. The molecule has 35 heavy (non-hydrogen) atoms. The second-order valence-corrected chi connectivity index (χ2v) is 7.42. The highest BCUT2D eigenvalue weighted by Crippen LogP contribution is 2.38. The molecule has 1 N–H and O–H groups in total. The first-order valence-electron chi connectivity index (χ1n) is 9.09. The van der Waals surface area contributed by atoms with Gasteiger partial charge in [-0.1, -0.05) is 23.2 Å². The second-order valence-electron chi connectivity index (χ2n) is 6.62. The van der Waals surface area contributed by atoms with Gasteiger partial charge in [-0.2, -0.15) is 41.6 Å². The van der Waals surface area contributed by atoms with Crippen LogP contribution >= 0.6 is 23.2 Å². The molecule has 4 heterocycles. The summed E-state index contributed by atoms with van der Waals surface area (Å²) in [7, 11) is 0. The lowest BCUT2D eigenvalue weighted by Crippen LogP contribution is -2.23. The van der Waals surface area contributed by atoms with Crippen LogP contribution in [0.5, 0.6) is 0 Å². The molecule has 0 saturated heterocycles. The number of carbonyl (C=O) groups is 1. The molecule has 4 aromatic rings. The zero-order valence-electron chi connectivity index (χ0n) is 16.6. The van der Waals surface area contributed by atoms with Gasteiger partial charge in [-0.05, 0) is 18.2 Å². The Balaban J connectivity index is 1.74. The van der Waals surface area contributed by atoms with Crippen LogP contribution < -0.4 is 5.32 Å². The van der Waals surface area contributed by atoms with Crippen molar-refractivity contribution >= 4 is 34.8 Å². The third-order valence-electron chi connectivity index (χ3n) is 4.32. The number of pyridine rings is 2. The standard InChI is InChI=1S/C18H8Cl2F6N8O/c19-11-5-8(6-27-15(11)34-28-3-4-29-34)31-16(35)9-7-30-33(13(9)18(24,25)26)14-10(17(21,22)23)1-2-12(20)32-14/h1-7H,(H,31,35). The Kier molecular flexibility index (Phi) is 6.14. The summed E-state index contributed by atoms with van der Waals surface area (Å²) >= 11 is 11.7. The number of hydrogen-bond acceptors (Lipinski definition) is 6. The minimum Gasteiger partial charge on any atom is -0.320 e. The zero-order chi connectivity index (χ0) is 25.5. The molecule has 0 aliphatic rings. The molecule has 4 rings (SSSR count). The molecule has 0 atom stereocenters. The average Bonchev–Trinajstić information content (AvgIpc) is 3.43. The minimum atomic E-state index is -5.30. The van der Waals surface area contributed by atoms with Crippen LogP contribution in [0.3, 0.4) is 0 Å². The number of anilines is 1. The SMILES string of the molecule is O=C(Nc1cnc(-n2nccn2)c(Cl)c1)c1cnn(-c2nc(Cl)ccc2C(F)(F)F)c1C(F)(F)F. The molecule has 17 heteroatoms. The fourth-order valence-corrected chi connectivity index (χ4v) is 3.31. The quantitative estimate of drug-likeness (QED) is 0.295. The van der Waals surface area contributed by atoms with E-state index in [1.54, 1.807) is 0 Å². The van der Waals surface area contributed by atoms with Crippen molar-refractivity contribution in [3.05, 3.63) is 70.0 Å². The monoisotopic (exact) mass is 536 g/mol. The molecule has 0 spiro atoms. The van der Waals surface area contributed by atoms with Crippen LogP contribution in [0.25, 0.3) is 11.6 Å². The predicted molar refractivity (Wildman–Crippen MR) is 108 cm³/mol. The van der Waals surface area contributed by atoms with E-state index in [0.29, 0.717) is 12.3 Å². The first-order chi connectivity index (χ1) is 16.4. The molecule has 0 fully saturated rings. The van der Waals surface area contributed by atoms with Crippen LogP contribution in [0, 0.1) is 0 Å². The fourth-order valence-electron chi connectivity index (χ4n) is 2.93. The normalized spacial score (nSPS) is 12.1. The largest absolute Gasteiger partial charge is 0.434 e. The van der Waals surface area contributed by atoms with E-state index in [1.165, 1.54) is 18.5 Å². The van der Waals surface area contributed by atoms with E-state index in [1.807, 2.05) is 0 Å². The van der Waals surface area contributed by atoms with Crippen LogP contribution in [0.2, 0.25) is 10.2 Å². The van der Waals surface area contributed by atoms with Gasteiger partial charge in [0.1, 0.15) is 10.7 Å². The first kappa shape index (κ1) is 24.4. The number of halogens is 8. The summed E-state index contributed by atoms with van der Waals surface area (Å²) in [6.45, 7) is 0. The van der Waals surface area contributed by atoms with Crippen LogP contribution in [-0.4, -0.2) is 40.6 Å². The highest BCUT2D eigenvalue weighted by atomic mass is 35.5. The molecule has 182 valence electrons. The van der Waals surface area contributed by atoms with Crippen molar-refractivity contribution in [2.75, 3.05) is 5.32 Å². The van der Waals surface area contributed by atoms with Gasteiger partial charge in [-0.15, -0.1) is 4.80 Å². The number of carbonyl (C=O) groups excluding carboxylic acids is 1. The maximum Gasteiger partial charge on any atom is 0.434 e. The van der Waals surface area contributed by atoms with Gasteiger partial charge in [-0.3, -0.25) is 4.79 Å². The maximum atomic E-state index is 13.9. The molecular formula is C18H8Cl2F6N8O. The number of hydrogen-bond donors (Lipinski definition) is 1. The van der Waals surface area contributed by atoms with Gasteiger partial charge in [-0.25, -0.2) is 14.6 Å². The van der Waals surface area contributed by atoms with E-state index in [0.717, 1.165) is 17.1 Å². The lowest BCUT2D eigenvalue weighted by atomic mass is 10.2. The van der Waals surface area contributed by atoms with Crippen molar-refractivity contribution in [1.82, 2.24) is 34.7 Å². The van der Waals surface area contributed by atoms with Gasteiger partial charge in [0.15, 0.2) is 17.3 Å². The van der Waals surface area contributed by atoms with E-state index < -0.39 is 46.1 Å². The number of rotatable bonds is 4. The van der Waals surface area contributed by atoms with E-state index in [2.05, 4.69) is 30.6 Å². The Bertz CT molecular complexity index is 1400. The van der Waals surface area contributed by atoms with Crippen molar-refractivity contribution in [2.45, 2.75) is 12.4 Å². The number of aromatic nitrogens is 7. The number of nitrogens with zero attached hydrogens (tertiary/aromatic N) is 7. The highest BCUT2D eigenvalue weighted by Gasteiger charge is 2.43. The van der Waals surface area contributed by atoms with Gasteiger partial charge in [0.2, 0.25) is 0 Å². The van der Waals surface area contributed by atoms with Crippen molar-refractivity contribution in [1.29, 1.82) is 0 Å². The van der Waals surface area contributed by atoms with E-state index >= 15 is 0 Å². The Morgan fingerprint density at radius 2 is 1.60 bits per heavy atom. The van der Waals surface area contributed by atoms with Gasteiger partial charge in [0, 0.05) is 0 Å². The van der Waals surface area contributed by atoms with E-state index in [4.69, 9.17) is 23.2 Å². The zero-order valence-corrected chi connectivity index (χ0v) is 18.1. The Labute approximate surface area is 200 Å². The smallest absolute Gasteiger partial charge is 0.320 e. The van der Waals surface area contributed by atoms with Gasteiger partial charge >= 0.3 is 12.4 Å². The molecule has 0 aliphatic heterocycles. The van der Waals surface area contributed by atoms with Crippen LogP contribution in [0.1, 0.15) is 21.6 Å². The number of alkyl halides is 6. The maximum absolute atomic E-state index is 13.9. The number of nitrogens with one attached hydrogen (secondary N) is 1. The van der Waals surface area contributed by atoms with Crippen molar-refractivity contribution in [3.8, 4) is 11.6 Å². The van der Waals surface area contributed by atoms with Crippen LogP contribution in [-0.2, 0) is 12.4 Å². The highest BCUT2D eigenvalue weighted by molar-refractivity contribution is 6.32. The summed E-state index contributed by atoms with van der Waals surface area (Å²) in [5.41, 5.74) is -4.54. The van der Waals surface area contributed by atoms with Crippen LogP contribution in [0.4, 0.5) is 32.0 Å². The summed E-state index contributed by atoms with van der Waals surface area (Å²) < 4.78 is 81.8. The Morgan fingerprint density at radius 1 is 0.914 bits per heavy atom.